The Balaban J connectivity index is 1.19. The Morgan fingerprint density at radius 2 is 1.19 bits per heavy atom. The molecule has 10 heteroatoms. The van der Waals surface area contributed by atoms with Gasteiger partial charge in [-0.2, -0.15) is 0 Å². The lowest BCUT2D eigenvalue weighted by atomic mass is 9.94. The van der Waals surface area contributed by atoms with E-state index in [1.54, 1.807) is 76.2 Å². The molecule has 0 bridgehead atoms. The number of hydrogen-bond donors (Lipinski definition) is 2. The lowest BCUT2D eigenvalue weighted by Crippen LogP contribution is -2.36. The zero-order valence-corrected chi connectivity index (χ0v) is 28.0. The minimum absolute atomic E-state index is 0.0851. The van der Waals surface area contributed by atoms with Gasteiger partial charge in [0.05, 0.1) is 34.1 Å². The summed E-state index contributed by atoms with van der Waals surface area (Å²) in [7, 11) is 6.26. The van der Waals surface area contributed by atoms with E-state index < -0.39 is 17.8 Å². The smallest absolute Gasteiger partial charge is 0.161 e. The van der Waals surface area contributed by atoms with E-state index >= 15 is 0 Å². The highest BCUT2D eigenvalue weighted by molar-refractivity contribution is 7.13. The van der Waals surface area contributed by atoms with Crippen LogP contribution in [0.25, 0.3) is 21.8 Å². The average Bonchev–Trinajstić information content (AvgIpc) is 3.60. The van der Waals surface area contributed by atoms with Crippen LogP contribution in [0.2, 0.25) is 0 Å². The van der Waals surface area contributed by atoms with Crippen molar-refractivity contribution in [2.45, 2.75) is 31.7 Å². The number of hydrogen-bond acceptors (Lipinski definition) is 10. The largest absolute Gasteiger partial charge is 0.493 e. The van der Waals surface area contributed by atoms with Gasteiger partial charge in [-0.15, -0.1) is 11.3 Å². The van der Waals surface area contributed by atoms with Crippen LogP contribution in [0.15, 0.2) is 90.3 Å². The second kappa shape index (κ2) is 14.8. The molecule has 0 aliphatic rings. The standard InChI is InChI=1S/C37H39NO8S/c1-37(2,35(40)26-12-18-32(42-4)34(20-26)44-6)46-28-15-9-24(10-16-28)36-38-29(22-47-36)23-7-13-27(14-8-23)45-21-30(39)25-11-17-31(41-3)33(19-25)43-5/h7-20,22,30,35,39-40H,21H2,1-6H3. The van der Waals surface area contributed by atoms with Crippen molar-refractivity contribution in [3.8, 4) is 56.3 Å². The Morgan fingerprint density at radius 1 is 0.660 bits per heavy atom. The third-order valence-electron chi connectivity index (χ3n) is 7.72. The first-order chi connectivity index (χ1) is 22.6. The van der Waals surface area contributed by atoms with Gasteiger partial charge < -0.3 is 38.6 Å². The number of methoxy groups -OCH3 is 4. The summed E-state index contributed by atoms with van der Waals surface area (Å²) in [6, 6.07) is 25.9. The van der Waals surface area contributed by atoms with Crippen LogP contribution in [0, 0.1) is 0 Å². The number of aliphatic hydroxyl groups is 2. The van der Waals surface area contributed by atoms with Crippen LogP contribution in [-0.2, 0) is 0 Å². The summed E-state index contributed by atoms with van der Waals surface area (Å²) in [5, 5.41) is 24.6. The first-order valence-corrected chi connectivity index (χ1v) is 15.8. The number of nitrogens with zero attached hydrogens (tertiary/aromatic N) is 1. The molecule has 2 N–H and O–H groups in total. The number of rotatable bonds is 14. The van der Waals surface area contributed by atoms with Crippen molar-refractivity contribution in [1.29, 1.82) is 0 Å². The molecule has 1 aromatic heterocycles. The van der Waals surface area contributed by atoms with Crippen LogP contribution in [0.5, 0.6) is 34.5 Å². The highest BCUT2D eigenvalue weighted by Crippen LogP contribution is 2.37. The van der Waals surface area contributed by atoms with Crippen LogP contribution in [0.4, 0.5) is 0 Å². The summed E-state index contributed by atoms with van der Waals surface area (Å²) in [5.41, 5.74) is 3.16. The van der Waals surface area contributed by atoms with Crippen LogP contribution in [0.1, 0.15) is 37.2 Å². The highest BCUT2D eigenvalue weighted by atomic mass is 32.1. The Labute approximate surface area is 278 Å². The summed E-state index contributed by atoms with van der Waals surface area (Å²) in [5.74, 6) is 3.54. The van der Waals surface area contributed by atoms with Crippen molar-refractivity contribution >= 4 is 11.3 Å². The highest BCUT2D eigenvalue weighted by Gasteiger charge is 2.32. The third kappa shape index (κ3) is 7.79. The molecule has 0 saturated heterocycles. The van der Waals surface area contributed by atoms with Gasteiger partial charge in [-0.05, 0) is 97.8 Å². The first-order valence-electron chi connectivity index (χ1n) is 14.9. The minimum atomic E-state index is -0.924. The molecule has 9 nitrogen and oxygen atoms in total. The van der Waals surface area contributed by atoms with E-state index in [1.807, 2.05) is 67.8 Å². The fraction of sp³-hybridized carbons (Fsp3) is 0.270. The predicted molar refractivity (Wildman–Crippen MR) is 182 cm³/mol. The number of aliphatic hydroxyl groups excluding tert-OH is 2. The molecule has 1 heterocycles. The predicted octanol–water partition coefficient (Wildman–Crippen LogP) is 7.51. The maximum absolute atomic E-state index is 11.1. The summed E-state index contributed by atoms with van der Waals surface area (Å²) in [4.78, 5) is 4.84. The molecule has 246 valence electrons. The van der Waals surface area contributed by atoms with Gasteiger partial charge in [0.15, 0.2) is 23.0 Å². The van der Waals surface area contributed by atoms with E-state index in [4.69, 9.17) is 33.4 Å². The molecule has 0 aliphatic heterocycles. The topological polar surface area (TPSA) is 109 Å². The zero-order chi connectivity index (χ0) is 33.6. The number of aromatic nitrogens is 1. The van der Waals surface area contributed by atoms with E-state index in [2.05, 4.69) is 0 Å². The summed E-state index contributed by atoms with van der Waals surface area (Å²) < 4.78 is 33.4. The van der Waals surface area contributed by atoms with E-state index in [9.17, 15) is 10.2 Å². The molecule has 0 aliphatic carbocycles. The molecule has 4 aromatic carbocycles. The van der Waals surface area contributed by atoms with Crippen LogP contribution in [-0.4, -0.2) is 55.8 Å². The molecule has 0 amide bonds. The zero-order valence-electron chi connectivity index (χ0n) is 27.2. The van der Waals surface area contributed by atoms with Crippen LogP contribution < -0.4 is 28.4 Å². The lowest BCUT2D eigenvalue weighted by Gasteiger charge is -2.32. The monoisotopic (exact) mass is 657 g/mol. The second-order valence-corrected chi connectivity index (χ2v) is 12.1. The molecule has 2 unspecified atom stereocenters. The molecule has 0 saturated carbocycles. The molecule has 0 spiro atoms. The Morgan fingerprint density at radius 3 is 1.79 bits per heavy atom. The van der Waals surface area contributed by atoms with E-state index in [0.29, 0.717) is 45.6 Å². The van der Waals surface area contributed by atoms with Crippen molar-refractivity contribution in [3.05, 3.63) is 101 Å². The minimum Gasteiger partial charge on any atom is -0.493 e. The summed E-state index contributed by atoms with van der Waals surface area (Å²) in [6.45, 7) is 3.76. The van der Waals surface area contributed by atoms with Crippen molar-refractivity contribution in [3.63, 3.8) is 0 Å². The van der Waals surface area contributed by atoms with Gasteiger partial charge in [0.25, 0.3) is 0 Å². The van der Waals surface area contributed by atoms with Crippen LogP contribution in [0.3, 0.4) is 0 Å². The molecular formula is C37H39NO8S. The number of thiazole rings is 1. The van der Waals surface area contributed by atoms with Crippen molar-refractivity contribution in [2.75, 3.05) is 35.0 Å². The van der Waals surface area contributed by atoms with Gasteiger partial charge in [-0.3, -0.25) is 0 Å². The number of benzene rings is 4. The molecule has 5 aromatic rings. The van der Waals surface area contributed by atoms with Gasteiger partial charge in [-0.25, -0.2) is 4.98 Å². The second-order valence-electron chi connectivity index (χ2n) is 11.3. The maximum Gasteiger partial charge on any atom is 0.161 e. The lowest BCUT2D eigenvalue weighted by molar-refractivity contribution is -0.0302. The SMILES string of the molecule is COc1ccc(C(O)COc2ccc(-c3csc(-c4ccc(OC(C)(C)C(O)c5ccc(OC)c(OC)c5)cc4)n3)cc2)cc1OC. The molecule has 47 heavy (non-hydrogen) atoms. The van der Waals surface area contributed by atoms with E-state index in [1.165, 1.54) is 0 Å². The summed E-state index contributed by atoms with van der Waals surface area (Å²) in [6.07, 6.45) is -1.75. The third-order valence-corrected chi connectivity index (χ3v) is 8.61. The van der Waals surface area contributed by atoms with Gasteiger partial charge in [0.2, 0.25) is 0 Å². The van der Waals surface area contributed by atoms with Crippen molar-refractivity contribution < 1.29 is 38.6 Å². The number of ether oxygens (including phenoxy) is 6. The van der Waals surface area contributed by atoms with Crippen molar-refractivity contribution in [1.82, 2.24) is 4.98 Å². The Kier molecular flexibility index (Phi) is 10.6. The van der Waals surface area contributed by atoms with E-state index in [-0.39, 0.29) is 6.61 Å². The van der Waals surface area contributed by atoms with Gasteiger partial charge in [0, 0.05) is 16.5 Å². The fourth-order valence-electron chi connectivity index (χ4n) is 5.04. The molecular weight excluding hydrogens is 618 g/mol. The van der Waals surface area contributed by atoms with Gasteiger partial charge in [-0.1, -0.05) is 12.1 Å². The van der Waals surface area contributed by atoms with Crippen molar-refractivity contribution in [2.24, 2.45) is 0 Å². The van der Waals surface area contributed by atoms with Gasteiger partial charge >= 0.3 is 0 Å². The maximum atomic E-state index is 11.1. The average molecular weight is 658 g/mol. The Hall–Kier alpha value is -4.77. The quantitative estimate of drug-likeness (QED) is 0.125. The van der Waals surface area contributed by atoms with Crippen LogP contribution >= 0.6 is 11.3 Å². The molecule has 2 atom stereocenters. The normalized spacial score (nSPS) is 12.6. The first kappa shape index (κ1) is 33.6. The molecule has 0 radical (unpaired) electrons. The van der Waals surface area contributed by atoms with E-state index in [0.717, 1.165) is 21.8 Å². The molecule has 0 fully saturated rings. The molecule has 5 rings (SSSR count). The summed E-state index contributed by atoms with van der Waals surface area (Å²) >= 11 is 1.55. The Bertz CT molecular complexity index is 1770. The fourth-order valence-corrected chi connectivity index (χ4v) is 5.88. The van der Waals surface area contributed by atoms with Gasteiger partial charge in [0.1, 0.15) is 40.9 Å².